The zero-order chi connectivity index (χ0) is 9.23. The molecular weight excluding hydrogens is 152 g/mol. The van der Waals surface area contributed by atoms with Crippen molar-refractivity contribution in [3.05, 3.63) is 0 Å². The van der Waals surface area contributed by atoms with Gasteiger partial charge in [0.15, 0.2) is 0 Å². The maximum absolute atomic E-state index is 8.56. The molecule has 0 saturated carbocycles. The number of hydrogen-bond donors (Lipinski definition) is 2. The molecule has 0 fully saturated rings. The minimum absolute atomic E-state index is 0.316. The van der Waals surface area contributed by atoms with Gasteiger partial charge in [-0.05, 0) is 52.4 Å². The molecule has 0 unspecified atom stereocenters. The number of hydrogen-bond acceptors (Lipinski definition) is 3. The van der Waals surface area contributed by atoms with Crippen LogP contribution in [0.5, 0.6) is 0 Å². The van der Waals surface area contributed by atoms with Crippen molar-refractivity contribution in [1.82, 2.24) is 4.90 Å². The summed E-state index contributed by atoms with van der Waals surface area (Å²) in [6.45, 7) is 3.33. The van der Waals surface area contributed by atoms with E-state index in [4.69, 9.17) is 10.8 Å². The minimum atomic E-state index is 0.316. The lowest BCUT2D eigenvalue weighted by molar-refractivity contribution is 0.262. The predicted molar refractivity (Wildman–Crippen MR) is 52.1 cm³/mol. The fourth-order valence-corrected chi connectivity index (χ4v) is 1.13. The van der Waals surface area contributed by atoms with Crippen LogP contribution in [0.15, 0.2) is 0 Å². The van der Waals surface area contributed by atoms with E-state index in [0.717, 1.165) is 38.9 Å². The quantitative estimate of drug-likeness (QED) is 0.525. The van der Waals surface area contributed by atoms with Gasteiger partial charge < -0.3 is 15.7 Å². The molecule has 0 aromatic heterocycles. The van der Waals surface area contributed by atoms with Crippen molar-refractivity contribution in [1.29, 1.82) is 0 Å². The Bertz CT molecular complexity index is 78.6. The summed E-state index contributed by atoms with van der Waals surface area (Å²) in [5.74, 6) is 0. The number of nitrogens with zero attached hydrogens (tertiary/aromatic N) is 1. The van der Waals surface area contributed by atoms with Gasteiger partial charge in [-0.15, -0.1) is 0 Å². The highest BCUT2D eigenvalue weighted by Crippen LogP contribution is 1.95. The largest absolute Gasteiger partial charge is 0.396 e. The molecule has 0 aliphatic rings. The summed E-state index contributed by atoms with van der Waals surface area (Å²) in [5.41, 5.74) is 5.38. The standard InChI is InChI=1S/C9H22N2O/c1-11(7-3-2-6-10)8-4-5-9-12/h12H,2-10H2,1H3. The van der Waals surface area contributed by atoms with E-state index >= 15 is 0 Å². The van der Waals surface area contributed by atoms with Gasteiger partial charge in [0.25, 0.3) is 0 Å². The van der Waals surface area contributed by atoms with Crippen LogP contribution in [0, 0.1) is 0 Å². The van der Waals surface area contributed by atoms with E-state index < -0.39 is 0 Å². The van der Waals surface area contributed by atoms with Crippen molar-refractivity contribution < 1.29 is 5.11 Å². The first-order valence-electron chi connectivity index (χ1n) is 4.80. The summed E-state index contributed by atoms with van der Waals surface area (Å²) in [5, 5.41) is 8.56. The van der Waals surface area contributed by atoms with Crippen LogP contribution in [-0.4, -0.2) is 43.3 Å². The van der Waals surface area contributed by atoms with Crippen LogP contribution in [0.1, 0.15) is 25.7 Å². The molecule has 0 atom stereocenters. The molecule has 0 amide bonds. The molecule has 0 spiro atoms. The van der Waals surface area contributed by atoms with Gasteiger partial charge in [-0.25, -0.2) is 0 Å². The van der Waals surface area contributed by atoms with Crippen molar-refractivity contribution in [3.8, 4) is 0 Å². The van der Waals surface area contributed by atoms with Crippen LogP contribution < -0.4 is 5.73 Å². The third kappa shape index (κ3) is 7.98. The highest BCUT2D eigenvalue weighted by Gasteiger charge is 1.96. The fourth-order valence-electron chi connectivity index (χ4n) is 1.13. The van der Waals surface area contributed by atoms with Crippen LogP contribution in [0.4, 0.5) is 0 Å². The maximum atomic E-state index is 8.56. The zero-order valence-corrected chi connectivity index (χ0v) is 8.13. The van der Waals surface area contributed by atoms with Gasteiger partial charge in [0, 0.05) is 6.61 Å². The van der Waals surface area contributed by atoms with Crippen LogP contribution in [0.25, 0.3) is 0 Å². The normalized spacial score (nSPS) is 11.0. The van der Waals surface area contributed by atoms with E-state index in [2.05, 4.69) is 11.9 Å². The highest BCUT2D eigenvalue weighted by atomic mass is 16.2. The third-order valence-electron chi connectivity index (χ3n) is 1.94. The average Bonchev–Trinajstić information content (AvgIpc) is 2.06. The summed E-state index contributed by atoms with van der Waals surface area (Å²) in [6.07, 6.45) is 4.31. The van der Waals surface area contributed by atoms with Gasteiger partial charge in [0.1, 0.15) is 0 Å². The van der Waals surface area contributed by atoms with Gasteiger partial charge in [0.2, 0.25) is 0 Å². The number of aliphatic hydroxyl groups excluding tert-OH is 1. The lowest BCUT2D eigenvalue weighted by Gasteiger charge is -2.15. The molecule has 3 nitrogen and oxygen atoms in total. The number of unbranched alkanes of at least 4 members (excludes halogenated alkanes) is 2. The lowest BCUT2D eigenvalue weighted by atomic mass is 10.2. The first-order chi connectivity index (χ1) is 5.81. The van der Waals surface area contributed by atoms with Crippen molar-refractivity contribution in [2.24, 2.45) is 5.73 Å². The lowest BCUT2D eigenvalue weighted by Crippen LogP contribution is -2.21. The van der Waals surface area contributed by atoms with Crippen molar-refractivity contribution in [3.63, 3.8) is 0 Å². The van der Waals surface area contributed by atoms with E-state index in [1.54, 1.807) is 0 Å². The highest BCUT2D eigenvalue weighted by molar-refractivity contribution is 4.52. The van der Waals surface area contributed by atoms with Crippen molar-refractivity contribution in [2.45, 2.75) is 25.7 Å². The molecule has 0 aliphatic heterocycles. The molecule has 0 bridgehead atoms. The molecule has 3 heteroatoms. The van der Waals surface area contributed by atoms with E-state index in [0.29, 0.717) is 6.61 Å². The maximum Gasteiger partial charge on any atom is 0.0431 e. The Kier molecular flexibility index (Phi) is 8.88. The minimum Gasteiger partial charge on any atom is -0.396 e. The molecule has 0 rings (SSSR count). The van der Waals surface area contributed by atoms with Gasteiger partial charge in [-0.2, -0.15) is 0 Å². The van der Waals surface area contributed by atoms with Crippen LogP contribution in [0.3, 0.4) is 0 Å². The second kappa shape index (κ2) is 8.97. The number of aliphatic hydroxyl groups is 1. The van der Waals surface area contributed by atoms with E-state index in [9.17, 15) is 0 Å². The van der Waals surface area contributed by atoms with E-state index in [-0.39, 0.29) is 0 Å². The predicted octanol–water partition coefficient (Wildman–Crippen LogP) is 0.430. The van der Waals surface area contributed by atoms with Crippen molar-refractivity contribution >= 4 is 0 Å². The molecule has 12 heavy (non-hydrogen) atoms. The monoisotopic (exact) mass is 174 g/mol. The molecule has 0 radical (unpaired) electrons. The molecule has 0 aromatic rings. The molecule has 0 saturated heterocycles. The van der Waals surface area contributed by atoms with Gasteiger partial charge in [0.05, 0.1) is 0 Å². The Morgan fingerprint density at radius 3 is 2.17 bits per heavy atom. The van der Waals surface area contributed by atoms with Crippen LogP contribution >= 0.6 is 0 Å². The summed E-state index contributed by atoms with van der Waals surface area (Å²) in [6, 6.07) is 0. The molecule has 74 valence electrons. The van der Waals surface area contributed by atoms with Gasteiger partial charge >= 0.3 is 0 Å². The summed E-state index contributed by atoms with van der Waals surface area (Å²) in [7, 11) is 2.12. The Morgan fingerprint density at radius 1 is 1.08 bits per heavy atom. The van der Waals surface area contributed by atoms with Crippen molar-refractivity contribution in [2.75, 3.05) is 33.3 Å². The zero-order valence-electron chi connectivity index (χ0n) is 8.13. The Hall–Kier alpha value is -0.120. The average molecular weight is 174 g/mol. The SMILES string of the molecule is CN(CCCCN)CCCCO. The Balaban J connectivity index is 3.04. The Labute approximate surface area is 75.6 Å². The molecular formula is C9H22N2O. The summed E-state index contributed by atoms with van der Waals surface area (Å²) >= 11 is 0. The van der Waals surface area contributed by atoms with Gasteiger partial charge in [-0.1, -0.05) is 0 Å². The first-order valence-corrected chi connectivity index (χ1v) is 4.80. The van der Waals surface area contributed by atoms with E-state index in [1.165, 1.54) is 6.42 Å². The number of nitrogens with two attached hydrogens (primary N) is 1. The van der Waals surface area contributed by atoms with Crippen LogP contribution in [0.2, 0.25) is 0 Å². The second-order valence-corrected chi connectivity index (χ2v) is 3.23. The first kappa shape index (κ1) is 11.9. The number of rotatable bonds is 8. The second-order valence-electron chi connectivity index (χ2n) is 3.23. The molecule has 0 aliphatic carbocycles. The van der Waals surface area contributed by atoms with Gasteiger partial charge in [-0.3, -0.25) is 0 Å². The molecule has 3 N–H and O–H groups in total. The Morgan fingerprint density at radius 2 is 1.67 bits per heavy atom. The summed E-state index contributed by atoms with van der Waals surface area (Å²) < 4.78 is 0. The molecule has 0 heterocycles. The smallest absolute Gasteiger partial charge is 0.0431 e. The van der Waals surface area contributed by atoms with Crippen LogP contribution in [-0.2, 0) is 0 Å². The summed E-state index contributed by atoms with van der Waals surface area (Å²) in [4.78, 5) is 2.30. The third-order valence-corrected chi connectivity index (χ3v) is 1.94. The molecule has 0 aromatic carbocycles. The topological polar surface area (TPSA) is 49.5 Å². The van der Waals surface area contributed by atoms with E-state index in [1.807, 2.05) is 0 Å². The fraction of sp³-hybridized carbons (Fsp3) is 1.00.